The first-order valence-electron chi connectivity index (χ1n) is 3.40. The van der Waals surface area contributed by atoms with Crippen molar-refractivity contribution in [1.29, 1.82) is 0 Å². The van der Waals surface area contributed by atoms with E-state index in [1.807, 2.05) is 0 Å². The Labute approximate surface area is 72.0 Å². The Morgan fingerprint density at radius 3 is 2.62 bits per heavy atom. The summed E-state index contributed by atoms with van der Waals surface area (Å²) in [5.41, 5.74) is 4.18. The van der Waals surface area contributed by atoms with Crippen molar-refractivity contribution in [2.45, 2.75) is 13.0 Å². The first-order chi connectivity index (χ1) is 6.06. The lowest BCUT2D eigenvalue weighted by molar-refractivity contribution is 0.140. The predicted molar refractivity (Wildman–Crippen MR) is 39.5 cm³/mol. The molecule has 3 nitrogen and oxygen atoms in total. The van der Waals surface area contributed by atoms with E-state index >= 15 is 0 Å². The van der Waals surface area contributed by atoms with Gasteiger partial charge in [0.15, 0.2) is 5.82 Å². The Bertz CT molecular complexity index is 317. The van der Waals surface area contributed by atoms with Crippen LogP contribution in [0.4, 0.5) is 19.0 Å². The molecule has 0 aliphatic rings. The summed E-state index contributed by atoms with van der Waals surface area (Å²) in [5, 5.41) is 8.60. The zero-order valence-corrected chi connectivity index (χ0v) is 6.47. The van der Waals surface area contributed by atoms with Gasteiger partial charge in [-0.25, -0.2) is 18.2 Å². The second-order valence-electron chi connectivity index (χ2n) is 2.36. The topological polar surface area (TPSA) is 59.1 Å². The fraction of sp³-hybridized carbons (Fsp3) is 0.286. The minimum Gasteiger partial charge on any atom is -0.392 e. The summed E-state index contributed by atoms with van der Waals surface area (Å²) in [7, 11) is 0. The minimum atomic E-state index is -3.00. The molecule has 1 aromatic heterocycles. The Morgan fingerprint density at radius 1 is 1.54 bits per heavy atom. The lowest BCUT2D eigenvalue weighted by Crippen LogP contribution is -2.04. The third-order valence-corrected chi connectivity index (χ3v) is 1.49. The number of aliphatic hydroxyl groups excluding tert-OH is 1. The number of nitrogens with zero attached hydrogens (tertiary/aromatic N) is 1. The molecule has 0 amide bonds. The molecule has 0 fully saturated rings. The van der Waals surface area contributed by atoms with Crippen LogP contribution in [0.5, 0.6) is 0 Å². The molecule has 3 N–H and O–H groups in total. The van der Waals surface area contributed by atoms with Gasteiger partial charge in [-0.1, -0.05) is 0 Å². The number of nitrogen functional groups attached to an aromatic ring is 1. The van der Waals surface area contributed by atoms with Gasteiger partial charge in [0.1, 0.15) is 11.5 Å². The number of alkyl halides is 2. The average Bonchev–Trinajstić information content (AvgIpc) is 2.07. The number of hydrogen-bond donors (Lipinski definition) is 2. The average molecular weight is 192 g/mol. The molecule has 72 valence electrons. The molecule has 0 radical (unpaired) electrons. The highest BCUT2D eigenvalue weighted by Crippen LogP contribution is 2.22. The van der Waals surface area contributed by atoms with Gasteiger partial charge in [0.05, 0.1) is 6.61 Å². The number of pyridine rings is 1. The summed E-state index contributed by atoms with van der Waals surface area (Å²) in [4.78, 5) is 3.14. The maximum Gasteiger partial charge on any atom is 0.283 e. The number of halogens is 3. The van der Waals surface area contributed by atoms with Crippen molar-refractivity contribution in [3.63, 3.8) is 0 Å². The molecule has 0 unspecified atom stereocenters. The van der Waals surface area contributed by atoms with Gasteiger partial charge >= 0.3 is 0 Å². The third-order valence-electron chi connectivity index (χ3n) is 1.49. The predicted octanol–water partition coefficient (Wildman–Crippen LogP) is 1.23. The molecular weight excluding hydrogens is 185 g/mol. The zero-order valence-electron chi connectivity index (χ0n) is 6.47. The van der Waals surface area contributed by atoms with Gasteiger partial charge in [0, 0.05) is 5.56 Å². The van der Waals surface area contributed by atoms with Crippen LogP contribution in [-0.2, 0) is 6.61 Å². The van der Waals surface area contributed by atoms with Gasteiger partial charge in [0.2, 0.25) is 0 Å². The SMILES string of the molecule is Nc1nc(C(F)F)c(F)cc1CO. The summed E-state index contributed by atoms with van der Waals surface area (Å²) >= 11 is 0. The van der Waals surface area contributed by atoms with E-state index in [0.717, 1.165) is 6.07 Å². The fourth-order valence-corrected chi connectivity index (χ4v) is 0.835. The molecule has 0 aromatic carbocycles. The molecule has 0 saturated carbocycles. The smallest absolute Gasteiger partial charge is 0.283 e. The molecule has 0 atom stereocenters. The standard InChI is InChI=1S/C7H7F3N2O/c8-4-1-3(2-13)7(11)12-5(4)6(9)10/h1,6,13H,2H2,(H2,11,12). The molecule has 1 aromatic rings. The lowest BCUT2D eigenvalue weighted by atomic mass is 10.2. The highest BCUT2D eigenvalue weighted by Gasteiger charge is 2.17. The van der Waals surface area contributed by atoms with E-state index in [9.17, 15) is 13.2 Å². The number of anilines is 1. The number of rotatable bonds is 2. The summed E-state index contributed by atoms with van der Waals surface area (Å²) < 4.78 is 36.8. The van der Waals surface area contributed by atoms with Gasteiger partial charge in [-0.2, -0.15) is 0 Å². The Balaban J connectivity index is 3.20. The highest BCUT2D eigenvalue weighted by molar-refractivity contribution is 5.40. The van der Waals surface area contributed by atoms with Crippen LogP contribution in [-0.4, -0.2) is 10.1 Å². The number of aromatic nitrogens is 1. The van der Waals surface area contributed by atoms with Gasteiger partial charge < -0.3 is 10.8 Å². The van der Waals surface area contributed by atoms with Crippen LogP contribution >= 0.6 is 0 Å². The van der Waals surface area contributed by atoms with Crippen molar-refractivity contribution in [2.75, 3.05) is 5.73 Å². The van der Waals surface area contributed by atoms with Crippen molar-refractivity contribution in [3.8, 4) is 0 Å². The molecule has 0 saturated heterocycles. The van der Waals surface area contributed by atoms with Gasteiger partial charge in [-0.15, -0.1) is 0 Å². The number of nitrogens with two attached hydrogens (primary N) is 1. The summed E-state index contributed by atoms with van der Waals surface area (Å²) in [6, 6.07) is 0.754. The van der Waals surface area contributed by atoms with E-state index in [1.165, 1.54) is 0 Å². The Hall–Kier alpha value is -1.30. The van der Waals surface area contributed by atoms with E-state index in [4.69, 9.17) is 10.8 Å². The number of aliphatic hydroxyl groups is 1. The second-order valence-corrected chi connectivity index (χ2v) is 2.36. The largest absolute Gasteiger partial charge is 0.392 e. The van der Waals surface area contributed by atoms with Crippen molar-refractivity contribution < 1.29 is 18.3 Å². The van der Waals surface area contributed by atoms with Crippen LogP contribution in [0.2, 0.25) is 0 Å². The molecular formula is C7H7F3N2O. The van der Waals surface area contributed by atoms with Crippen LogP contribution in [0.25, 0.3) is 0 Å². The monoisotopic (exact) mass is 192 g/mol. The van der Waals surface area contributed by atoms with Crippen molar-refractivity contribution >= 4 is 5.82 Å². The molecule has 6 heteroatoms. The van der Waals surface area contributed by atoms with Crippen molar-refractivity contribution in [1.82, 2.24) is 4.98 Å². The second kappa shape index (κ2) is 3.61. The van der Waals surface area contributed by atoms with Crippen LogP contribution in [0.15, 0.2) is 6.07 Å². The normalized spacial score (nSPS) is 10.8. The van der Waals surface area contributed by atoms with Gasteiger partial charge in [-0.3, -0.25) is 0 Å². The maximum atomic E-state index is 12.8. The summed E-state index contributed by atoms with van der Waals surface area (Å²) in [6.45, 7) is -0.529. The summed E-state index contributed by atoms with van der Waals surface area (Å²) in [6.07, 6.45) is -3.00. The summed E-state index contributed by atoms with van der Waals surface area (Å²) in [5.74, 6) is -1.44. The first kappa shape index (κ1) is 9.79. The van der Waals surface area contributed by atoms with E-state index in [1.54, 1.807) is 0 Å². The van der Waals surface area contributed by atoms with E-state index in [0.29, 0.717) is 0 Å². The minimum absolute atomic E-state index is 0.00176. The molecule has 0 aliphatic heterocycles. The van der Waals surface area contributed by atoms with Gasteiger partial charge in [0.25, 0.3) is 6.43 Å². The lowest BCUT2D eigenvalue weighted by Gasteiger charge is -2.05. The Morgan fingerprint density at radius 2 is 2.15 bits per heavy atom. The highest BCUT2D eigenvalue weighted by atomic mass is 19.3. The first-order valence-corrected chi connectivity index (χ1v) is 3.40. The zero-order chi connectivity index (χ0) is 10.0. The van der Waals surface area contributed by atoms with E-state index in [-0.39, 0.29) is 11.4 Å². The van der Waals surface area contributed by atoms with Crippen LogP contribution in [0.3, 0.4) is 0 Å². The molecule has 0 aliphatic carbocycles. The number of hydrogen-bond acceptors (Lipinski definition) is 3. The van der Waals surface area contributed by atoms with Crippen LogP contribution in [0, 0.1) is 5.82 Å². The third kappa shape index (κ3) is 1.89. The van der Waals surface area contributed by atoms with E-state index < -0.39 is 24.5 Å². The van der Waals surface area contributed by atoms with Crippen molar-refractivity contribution in [2.24, 2.45) is 0 Å². The van der Waals surface area contributed by atoms with Crippen LogP contribution < -0.4 is 5.73 Å². The molecule has 1 heterocycles. The van der Waals surface area contributed by atoms with Gasteiger partial charge in [-0.05, 0) is 6.07 Å². The molecule has 1 rings (SSSR count). The fourth-order valence-electron chi connectivity index (χ4n) is 0.835. The molecule has 0 spiro atoms. The van der Waals surface area contributed by atoms with E-state index in [2.05, 4.69) is 4.98 Å². The quantitative estimate of drug-likeness (QED) is 0.740. The maximum absolute atomic E-state index is 12.8. The molecule has 0 bridgehead atoms. The molecule has 13 heavy (non-hydrogen) atoms. The van der Waals surface area contributed by atoms with Crippen molar-refractivity contribution in [3.05, 3.63) is 23.1 Å². The Kier molecular flexibility index (Phi) is 2.72. The van der Waals surface area contributed by atoms with Crippen LogP contribution in [0.1, 0.15) is 17.7 Å².